The van der Waals surface area contributed by atoms with Crippen molar-refractivity contribution in [1.29, 1.82) is 0 Å². The predicted molar refractivity (Wildman–Crippen MR) is 282 cm³/mol. The molecule has 4 aromatic carbocycles. The van der Waals surface area contributed by atoms with E-state index in [4.69, 9.17) is 43.5 Å². The zero-order valence-corrected chi connectivity index (χ0v) is 44.0. The van der Waals surface area contributed by atoms with Crippen molar-refractivity contribution in [1.82, 2.24) is 0 Å². The van der Waals surface area contributed by atoms with Crippen LogP contribution in [0.1, 0.15) is 121 Å². The molecule has 0 atom stereocenters. The number of ether oxygens (including phenoxy) is 6. The first kappa shape index (κ1) is 60.2. The van der Waals surface area contributed by atoms with Crippen molar-refractivity contribution >= 4 is 42.1 Å². The number of carbonyl (C=O) groups is 4. The number of carbonyl (C=O) groups excluding carboxylic acids is 3. The maximum Gasteiger partial charge on any atom is 0.335 e. The van der Waals surface area contributed by atoms with Crippen LogP contribution in [0.5, 0.6) is 34.5 Å². The van der Waals surface area contributed by atoms with Crippen LogP contribution in [0.4, 0.5) is 0 Å². The molecule has 1 N–H and O–H groups in total. The maximum atomic E-state index is 12.5. The van der Waals surface area contributed by atoms with E-state index in [0.717, 1.165) is 124 Å². The number of unbranched alkanes of at least 4 members (excludes halogenated alkanes) is 9. The van der Waals surface area contributed by atoms with Crippen LogP contribution in [0.2, 0.25) is 0 Å². The summed E-state index contributed by atoms with van der Waals surface area (Å²) in [4.78, 5) is 80.1. The van der Waals surface area contributed by atoms with Gasteiger partial charge in [0.1, 0.15) is 0 Å². The van der Waals surface area contributed by atoms with Crippen LogP contribution in [0.15, 0.2) is 85.0 Å². The van der Waals surface area contributed by atoms with Gasteiger partial charge in [-0.3, -0.25) is 0 Å². The van der Waals surface area contributed by atoms with Crippen molar-refractivity contribution in [3.8, 4) is 34.5 Å². The van der Waals surface area contributed by atoms with Gasteiger partial charge in [-0.1, -0.05) is 56.7 Å². The normalized spacial score (nSPS) is 11.2. The second-order valence-corrected chi connectivity index (χ2v) is 17.1. The first-order valence-corrected chi connectivity index (χ1v) is 25.1. The molecule has 0 saturated heterocycles. The van der Waals surface area contributed by atoms with E-state index in [2.05, 4.69) is 14.2 Å². The predicted octanol–water partition coefficient (Wildman–Crippen LogP) is 11.3. The minimum Gasteiger partial charge on any atom is -0.493 e. The number of carboxylic acids is 1. The Bertz CT molecular complexity index is 2380. The molecule has 4 aromatic rings. The molecule has 0 spiro atoms. The van der Waals surface area contributed by atoms with Crippen LogP contribution in [0.3, 0.4) is 0 Å². The summed E-state index contributed by atoms with van der Waals surface area (Å²) in [6.07, 6.45) is 21.6. The molecular weight excluding hydrogens is 969 g/mol. The molecule has 0 aliphatic rings. The fourth-order valence-corrected chi connectivity index (χ4v) is 7.75. The van der Waals surface area contributed by atoms with Gasteiger partial charge in [-0.15, -0.1) is 0 Å². The van der Waals surface area contributed by atoms with E-state index in [1.54, 1.807) is 72.8 Å². The lowest BCUT2D eigenvalue weighted by molar-refractivity contribution is -0.208. The smallest absolute Gasteiger partial charge is 0.335 e. The van der Waals surface area contributed by atoms with Crippen LogP contribution in [0, 0.1) is 0 Å². The maximum absolute atomic E-state index is 12.5. The topological polar surface area (TPSA) is 199 Å². The fraction of sp³-hybridized carbons (Fsp3) is 0.414. The lowest BCUT2D eigenvalue weighted by Crippen LogP contribution is -2.07. The van der Waals surface area contributed by atoms with E-state index in [0.29, 0.717) is 59.9 Å². The Kier molecular flexibility index (Phi) is 28.1. The Hall–Kier alpha value is -7.34. The summed E-state index contributed by atoms with van der Waals surface area (Å²) in [5.74, 6) is 0.295. The van der Waals surface area contributed by atoms with Gasteiger partial charge in [-0.05, 0) is 158 Å². The average molecular weight is 1040 g/mol. The number of benzene rings is 4. The second kappa shape index (κ2) is 35.0. The molecule has 0 radical (unpaired) electrons. The molecule has 17 heteroatoms. The van der Waals surface area contributed by atoms with Gasteiger partial charge in [0.15, 0.2) is 17.2 Å². The fourth-order valence-electron chi connectivity index (χ4n) is 7.75. The summed E-state index contributed by atoms with van der Waals surface area (Å²) < 4.78 is 30.3. The highest BCUT2D eigenvalue weighted by Crippen LogP contribution is 2.32. The van der Waals surface area contributed by atoms with Crippen molar-refractivity contribution in [3.05, 3.63) is 124 Å². The number of methoxy groups -OCH3 is 6. The van der Waals surface area contributed by atoms with Gasteiger partial charge in [-0.2, -0.15) is 14.7 Å². The van der Waals surface area contributed by atoms with Crippen molar-refractivity contribution in [3.63, 3.8) is 0 Å². The SMILES string of the molecule is COC(=O)/C=C/c1ccc(OOCCCCCCc2cc(C(=O)O)cc(CCCCCCOOc3ccc(/C=C/C(=O)OC)cc3OC)c2CCCCCCOOc2ccc(/C=C/C(=O)OC)cc2OC)c(OC)c1. The summed E-state index contributed by atoms with van der Waals surface area (Å²) in [7, 11) is 8.53. The summed E-state index contributed by atoms with van der Waals surface area (Å²) in [5, 5.41) is 10.2. The van der Waals surface area contributed by atoms with E-state index in [-0.39, 0.29) is 0 Å². The van der Waals surface area contributed by atoms with E-state index >= 15 is 0 Å². The third kappa shape index (κ3) is 22.4. The van der Waals surface area contributed by atoms with Crippen molar-refractivity contribution in [2.24, 2.45) is 0 Å². The zero-order valence-electron chi connectivity index (χ0n) is 44.0. The summed E-state index contributed by atoms with van der Waals surface area (Å²) in [6, 6.07) is 19.3. The third-order valence-electron chi connectivity index (χ3n) is 11.8. The standard InChI is InChI=1S/C58H72O17/c1-64-52-37-42(25-31-55(59)67-4)22-28-49(52)73-70-34-16-10-7-13-19-45-40-47(58(62)63)41-46(20-14-8-11-17-35-71-74-50-29-23-43(38-53(50)65-2)26-32-56(60)68-5)48(45)21-15-9-12-18-36-72-75-51-30-24-44(39-54(51)66-3)27-33-57(61)69-6/h22-33,37-41H,7-21,34-36H2,1-6H3,(H,62,63)/b31-25+,32-26+,33-27+. The molecule has 406 valence electrons. The number of aromatic carboxylic acids is 1. The van der Waals surface area contributed by atoms with Gasteiger partial charge in [0.25, 0.3) is 0 Å². The Morgan fingerprint density at radius 2 is 0.720 bits per heavy atom. The molecule has 0 aliphatic heterocycles. The molecule has 17 nitrogen and oxygen atoms in total. The average Bonchev–Trinajstić information content (AvgIpc) is 3.43. The largest absolute Gasteiger partial charge is 0.493 e. The number of hydrogen-bond acceptors (Lipinski definition) is 16. The van der Waals surface area contributed by atoms with E-state index in [1.807, 2.05) is 12.1 Å². The van der Waals surface area contributed by atoms with Gasteiger partial charge >= 0.3 is 23.9 Å². The van der Waals surface area contributed by atoms with Crippen LogP contribution < -0.4 is 28.9 Å². The van der Waals surface area contributed by atoms with Crippen LogP contribution >= 0.6 is 0 Å². The minimum atomic E-state index is -0.947. The molecule has 0 aliphatic carbocycles. The molecule has 4 rings (SSSR count). The lowest BCUT2D eigenvalue weighted by atomic mass is 9.88. The van der Waals surface area contributed by atoms with Crippen molar-refractivity contribution < 1.29 is 82.0 Å². The van der Waals surface area contributed by atoms with Gasteiger partial charge < -0.3 is 48.2 Å². The van der Waals surface area contributed by atoms with E-state index in [1.165, 1.54) is 66.5 Å². The summed E-state index contributed by atoms with van der Waals surface area (Å²) >= 11 is 0. The van der Waals surface area contributed by atoms with Crippen LogP contribution in [-0.4, -0.2) is 91.5 Å². The molecule has 0 unspecified atom stereocenters. The van der Waals surface area contributed by atoms with E-state index < -0.39 is 23.9 Å². The van der Waals surface area contributed by atoms with Crippen molar-refractivity contribution in [2.45, 2.75) is 96.3 Å². The molecule has 0 saturated carbocycles. The van der Waals surface area contributed by atoms with Crippen LogP contribution in [-0.2, 0) is 62.5 Å². The van der Waals surface area contributed by atoms with Crippen LogP contribution in [0.25, 0.3) is 18.2 Å². The molecule has 0 amide bonds. The Morgan fingerprint density at radius 1 is 0.400 bits per heavy atom. The quantitative estimate of drug-likeness (QED) is 0.0112. The molecule has 0 fully saturated rings. The Balaban J connectivity index is 1.29. The van der Waals surface area contributed by atoms with E-state index in [9.17, 15) is 24.3 Å². The van der Waals surface area contributed by atoms with Crippen molar-refractivity contribution in [2.75, 3.05) is 62.5 Å². The number of carboxylic acid groups (broad SMARTS) is 1. The van der Waals surface area contributed by atoms with Gasteiger partial charge in [0.2, 0.25) is 17.2 Å². The highest BCUT2D eigenvalue weighted by molar-refractivity contribution is 5.89. The highest BCUT2D eigenvalue weighted by atomic mass is 17.2. The summed E-state index contributed by atoms with van der Waals surface area (Å²) in [5.41, 5.74) is 5.88. The highest BCUT2D eigenvalue weighted by Gasteiger charge is 2.16. The first-order chi connectivity index (χ1) is 36.5. The number of rotatable bonds is 37. The number of aryl methyl sites for hydroxylation is 2. The van der Waals surface area contributed by atoms with Gasteiger partial charge in [0.05, 0.1) is 68.0 Å². The summed E-state index contributed by atoms with van der Waals surface area (Å²) in [6.45, 7) is 1.12. The molecule has 0 heterocycles. The second-order valence-electron chi connectivity index (χ2n) is 17.1. The third-order valence-corrected chi connectivity index (χ3v) is 11.8. The minimum absolute atomic E-state index is 0.298. The first-order valence-electron chi connectivity index (χ1n) is 25.1. The number of hydrogen-bond donors (Lipinski definition) is 1. The Morgan fingerprint density at radius 3 is 1.03 bits per heavy atom. The molecule has 0 aromatic heterocycles. The Labute approximate surface area is 440 Å². The zero-order chi connectivity index (χ0) is 54.0. The molecule has 0 bridgehead atoms. The number of esters is 3. The monoisotopic (exact) mass is 1040 g/mol. The molecular formula is C58H72O17. The van der Waals surface area contributed by atoms with Gasteiger partial charge in [0, 0.05) is 18.2 Å². The van der Waals surface area contributed by atoms with Gasteiger partial charge in [-0.25, -0.2) is 19.2 Å². The lowest BCUT2D eigenvalue weighted by Gasteiger charge is -2.17. The molecule has 75 heavy (non-hydrogen) atoms.